The van der Waals surface area contributed by atoms with E-state index >= 15 is 0 Å². The number of carbonyl (C=O) groups excluding carboxylic acids is 1. The molecular formula is C16H15F2NO5. The van der Waals surface area contributed by atoms with Crippen molar-refractivity contribution < 1.29 is 32.6 Å². The largest absolute Gasteiger partial charge is 0.481 e. The molecule has 0 aliphatic heterocycles. The number of hydrogen-bond donors (Lipinski definition) is 2. The van der Waals surface area contributed by atoms with Gasteiger partial charge in [0.05, 0.1) is 11.8 Å². The number of aryl methyl sites for hydroxylation is 1. The molecule has 1 amide bonds. The van der Waals surface area contributed by atoms with Crippen LogP contribution < -0.4 is 10.1 Å². The van der Waals surface area contributed by atoms with E-state index in [9.17, 15) is 18.4 Å². The number of carboxylic acid groups (broad SMARTS) is 1. The van der Waals surface area contributed by atoms with Gasteiger partial charge < -0.3 is 19.6 Å². The number of halogens is 2. The van der Waals surface area contributed by atoms with Crippen molar-refractivity contribution in [3.05, 3.63) is 53.0 Å². The molecule has 0 atom stereocenters. The van der Waals surface area contributed by atoms with Gasteiger partial charge in [0, 0.05) is 12.1 Å². The Morgan fingerprint density at radius 2 is 2.12 bits per heavy atom. The summed E-state index contributed by atoms with van der Waals surface area (Å²) < 4.78 is 33.8. The van der Waals surface area contributed by atoms with Gasteiger partial charge in [0.1, 0.15) is 17.9 Å². The maximum Gasteiger partial charge on any atom is 0.387 e. The molecule has 0 bridgehead atoms. The predicted octanol–water partition coefficient (Wildman–Crippen LogP) is 2.75. The van der Waals surface area contributed by atoms with Crippen LogP contribution in [0.1, 0.15) is 27.2 Å². The van der Waals surface area contributed by atoms with E-state index in [0.29, 0.717) is 11.1 Å². The van der Waals surface area contributed by atoms with Crippen molar-refractivity contribution in [2.24, 2.45) is 0 Å². The molecule has 0 aliphatic rings. The lowest BCUT2D eigenvalue weighted by Gasteiger charge is -2.09. The third-order valence-corrected chi connectivity index (χ3v) is 3.17. The minimum absolute atomic E-state index is 0.0113. The predicted molar refractivity (Wildman–Crippen MR) is 79.0 cm³/mol. The number of furan rings is 1. The summed E-state index contributed by atoms with van der Waals surface area (Å²) >= 11 is 0. The summed E-state index contributed by atoms with van der Waals surface area (Å²) in [5.41, 5.74) is 1.23. The second-order valence-electron chi connectivity index (χ2n) is 5.00. The van der Waals surface area contributed by atoms with Gasteiger partial charge in [0.2, 0.25) is 0 Å². The third-order valence-electron chi connectivity index (χ3n) is 3.17. The Morgan fingerprint density at radius 3 is 2.79 bits per heavy atom. The number of carbonyl (C=O) groups is 2. The quantitative estimate of drug-likeness (QED) is 0.810. The van der Waals surface area contributed by atoms with Crippen LogP contribution >= 0.6 is 0 Å². The summed E-state index contributed by atoms with van der Waals surface area (Å²) in [6, 6.07) is 5.92. The molecule has 0 saturated carbocycles. The number of hydrogen-bond acceptors (Lipinski definition) is 4. The Bertz CT molecular complexity index is 742. The fourth-order valence-electron chi connectivity index (χ4n) is 2.17. The van der Waals surface area contributed by atoms with Crippen molar-refractivity contribution in [1.82, 2.24) is 5.32 Å². The van der Waals surface area contributed by atoms with Gasteiger partial charge in [-0.1, -0.05) is 12.1 Å². The lowest BCUT2D eigenvalue weighted by molar-refractivity contribution is -0.136. The Kier molecular flexibility index (Phi) is 5.51. The normalized spacial score (nSPS) is 10.7. The van der Waals surface area contributed by atoms with Crippen molar-refractivity contribution in [2.75, 3.05) is 0 Å². The molecule has 1 aromatic carbocycles. The average Bonchev–Trinajstić information content (AvgIpc) is 2.84. The number of ether oxygens (including phenoxy) is 1. The average molecular weight is 339 g/mol. The van der Waals surface area contributed by atoms with Crippen molar-refractivity contribution in [1.29, 1.82) is 0 Å². The monoisotopic (exact) mass is 339 g/mol. The molecule has 8 heteroatoms. The van der Waals surface area contributed by atoms with Gasteiger partial charge in [-0.15, -0.1) is 0 Å². The molecule has 0 unspecified atom stereocenters. The molecule has 2 aromatic rings. The van der Waals surface area contributed by atoms with E-state index in [1.165, 1.54) is 24.5 Å². The lowest BCUT2D eigenvalue weighted by Crippen LogP contribution is -2.24. The smallest absolute Gasteiger partial charge is 0.387 e. The Balaban J connectivity index is 2.06. The topological polar surface area (TPSA) is 88.8 Å². The van der Waals surface area contributed by atoms with Crippen LogP contribution in [0.4, 0.5) is 8.78 Å². The van der Waals surface area contributed by atoms with Gasteiger partial charge in [-0.05, 0) is 24.6 Å². The summed E-state index contributed by atoms with van der Waals surface area (Å²) in [6.45, 7) is -1.24. The van der Waals surface area contributed by atoms with Crippen molar-refractivity contribution in [2.45, 2.75) is 26.5 Å². The highest BCUT2D eigenvalue weighted by Gasteiger charge is 2.20. The molecule has 0 spiro atoms. The SMILES string of the molecule is Cc1coc(CC(=O)O)c1C(=O)NCc1cccc(OC(F)F)c1. The molecule has 24 heavy (non-hydrogen) atoms. The van der Waals surface area contributed by atoms with Crippen LogP contribution in [0, 0.1) is 6.92 Å². The lowest BCUT2D eigenvalue weighted by atomic mass is 10.1. The molecule has 0 fully saturated rings. The molecule has 2 N–H and O–H groups in total. The molecule has 128 valence electrons. The second-order valence-corrected chi connectivity index (χ2v) is 5.00. The van der Waals surface area contributed by atoms with Crippen LogP contribution in [0.3, 0.4) is 0 Å². The van der Waals surface area contributed by atoms with Gasteiger partial charge >= 0.3 is 12.6 Å². The van der Waals surface area contributed by atoms with E-state index in [1.54, 1.807) is 13.0 Å². The summed E-state index contributed by atoms with van der Waals surface area (Å²) in [7, 11) is 0. The second kappa shape index (κ2) is 7.58. The molecule has 0 radical (unpaired) electrons. The van der Waals surface area contributed by atoms with Gasteiger partial charge in [-0.2, -0.15) is 8.78 Å². The first-order chi connectivity index (χ1) is 11.4. The molecule has 1 heterocycles. The van der Waals surface area contributed by atoms with E-state index in [1.807, 2.05) is 0 Å². The zero-order valence-corrected chi connectivity index (χ0v) is 12.7. The first kappa shape index (κ1) is 17.5. The zero-order chi connectivity index (χ0) is 17.7. The highest BCUT2D eigenvalue weighted by Crippen LogP contribution is 2.19. The fraction of sp³-hybridized carbons (Fsp3) is 0.250. The van der Waals surface area contributed by atoms with Crippen molar-refractivity contribution in [3.63, 3.8) is 0 Å². The number of carboxylic acids is 1. The van der Waals surface area contributed by atoms with Gasteiger partial charge in [0.15, 0.2) is 0 Å². The number of nitrogens with one attached hydrogen (secondary N) is 1. The first-order valence-corrected chi connectivity index (χ1v) is 6.97. The molecule has 0 saturated heterocycles. The highest BCUT2D eigenvalue weighted by atomic mass is 19.3. The Labute approximate surface area is 136 Å². The number of alkyl halides is 2. The molecule has 0 aliphatic carbocycles. The van der Waals surface area contributed by atoms with Crippen LogP contribution in [-0.2, 0) is 17.8 Å². The number of aliphatic carboxylic acids is 1. The molecule has 2 rings (SSSR count). The minimum atomic E-state index is -2.93. The molecule has 1 aromatic heterocycles. The fourth-order valence-corrected chi connectivity index (χ4v) is 2.17. The van der Waals surface area contributed by atoms with E-state index < -0.39 is 24.9 Å². The number of rotatable bonds is 7. The first-order valence-electron chi connectivity index (χ1n) is 6.97. The van der Waals surface area contributed by atoms with Gasteiger partial charge in [0.25, 0.3) is 5.91 Å². The molecule has 6 nitrogen and oxygen atoms in total. The van der Waals surface area contributed by atoms with Crippen LogP contribution in [0.2, 0.25) is 0 Å². The maximum absolute atomic E-state index is 12.2. The highest BCUT2D eigenvalue weighted by molar-refractivity contribution is 5.97. The summed E-state index contributed by atoms with van der Waals surface area (Å²) in [5.74, 6) is -1.57. The Morgan fingerprint density at radius 1 is 1.38 bits per heavy atom. The number of amides is 1. The summed E-state index contributed by atoms with van der Waals surface area (Å²) in [6.07, 6.45) is 0.901. The maximum atomic E-state index is 12.2. The van der Waals surface area contributed by atoms with Crippen LogP contribution in [0.5, 0.6) is 5.75 Å². The van der Waals surface area contributed by atoms with Crippen molar-refractivity contribution in [3.8, 4) is 5.75 Å². The van der Waals surface area contributed by atoms with Crippen LogP contribution in [-0.4, -0.2) is 23.6 Å². The van der Waals surface area contributed by atoms with E-state index in [2.05, 4.69) is 10.1 Å². The van der Waals surface area contributed by atoms with Crippen molar-refractivity contribution >= 4 is 11.9 Å². The minimum Gasteiger partial charge on any atom is -0.481 e. The van der Waals surface area contributed by atoms with Gasteiger partial charge in [-0.3, -0.25) is 9.59 Å². The third kappa shape index (κ3) is 4.55. The number of benzene rings is 1. The van der Waals surface area contributed by atoms with E-state index in [-0.39, 0.29) is 23.6 Å². The molecular weight excluding hydrogens is 324 g/mol. The Hall–Kier alpha value is -2.90. The summed E-state index contributed by atoms with van der Waals surface area (Å²) in [5, 5.41) is 11.4. The van der Waals surface area contributed by atoms with Gasteiger partial charge in [-0.25, -0.2) is 0 Å². The van der Waals surface area contributed by atoms with Crippen LogP contribution in [0.15, 0.2) is 34.9 Å². The van der Waals surface area contributed by atoms with Crippen LogP contribution in [0.25, 0.3) is 0 Å². The zero-order valence-electron chi connectivity index (χ0n) is 12.7. The van der Waals surface area contributed by atoms with E-state index in [4.69, 9.17) is 9.52 Å². The summed E-state index contributed by atoms with van der Waals surface area (Å²) in [4.78, 5) is 23.0. The standard InChI is InChI=1S/C16H15F2NO5/c1-9-8-23-12(6-13(20)21)14(9)15(22)19-7-10-3-2-4-11(5-10)24-16(17)18/h2-5,8,16H,6-7H2,1H3,(H,19,22)(H,20,21). The van der Waals surface area contributed by atoms with E-state index in [0.717, 1.165) is 0 Å².